The van der Waals surface area contributed by atoms with E-state index in [1.807, 2.05) is 19.1 Å². The molecule has 1 N–H and O–H groups in total. The third-order valence-corrected chi connectivity index (χ3v) is 3.00. The summed E-state index contributed by atoms with van der Waals surface area (Å²) >= 11 is 0. The molecule has 1 aromatic carbocycles. The summed E-state index contributed by atoms with van der Waals surface area (Å²) in [7, 11) is 0. The van der Waals surface area contributed by atoms with Crippen LogP contribution in [0.15, 0.2) is 18.2 Å². The zero-order chi connectivity index (χ0) is 12.6. The van der Waals surface area contributed by atoms with Crippen LogP contribution in [0.4, 0.5) is 0 Å². The van der Waals surface area contributed by atoms with Crippen LogP contribution < -0.4 is 4.74 Å². The highest BCUT2D eigenvalue weighted by Gasteiger charge is 2.49. The van der Waals surface area contributed by atoms with Crippen molar-refractivity contribution < 1.29 is 19.4 Å². The van der Waals surface area contributed by atoms with Crippen molar-refractivity contribution in [1.29, 1.82) is 0 Å². The van der Waals surface area contributed by atoms with Crippen molar-refractivity contribution in [1.82, 2.24) is 0 Å². The lowest BCUT2D eigenvalue weighted by atomic mass is 9.89. The number of hydrogen-bond donors (Lipinski definition) is 1. The van der Waals surface area contributed by atoms with Crippen LogP contribution in [0, 0.1) is 6.92 Å². The fourth-order valence-corrected chi connectivity index (χ4v) is 2.26. The van der Waals surface area contributed by atoms with Crippen LogP contribution in [-0.2, 0) is 15.1 Å². The van der Waals surface area contributed by atoms with E-state index in [1.165, 1.54) is 0 Å². The van der Waals surface area contributed by atoms with Gasteiger partial charge in [-0.25, -0.2) is 4.79 Å². The van der Waals surface area contributed by atoms with Gasteiger partial charge in [0, 0.05) is 5.56 Å². The Hall–Kier alpha value is -1.55. The molecule has 0 amide bonds. The molecule has 0 saturated heterocycles. The fraction of sp³-hybridized carbons (Fsp3) is 0.462. The number of esters is 1. The van der Waals surface area contributed by atoms with Crippen molar-refractivity contribution >= 4 is 5.97 Å². The fourth-order valence-electron chi connectivity index (χ4n) is 2.26. The smallest absolute Gasteiger partial charge is 0.350 e. The van der Waals surface area contributed by atoms with E-state index < -0.39 is 17.7 Å². The summed E-state index contributed by atoms with van der Waals surface area (Å²) in [6.45, 7) is 5.45. The summed E-state index contributed by atoms with van der Waals surface area (Å²) in [5.41, 5.74) is 0.227. The maximum Gasteiger partial charge on any atom is 0.350 e. The van der Waals surface area contributed by atoms with Gasteiger partial charge in [0.25, 0.3) is 0 Å². The van der Waals surface area contributed by atoms with E-state index in [2.05, 4.69) is 0 Å². The molecule has 0 fully saturated rings. The molecule has 4 heteroatoms. The molecule has 0 spiro atoms. The van der Waals surface area contributed by atoms with E-state index in [0.29, 0.717) is 11.3 Å². The van der Waals surface area contributed by atoms with Gasteiger partial charge in [-0.05, 0) is 32.4 Å². The monoisotopic (exact) mass is 236 g/mol. The summed E-state index contributed by atoms with van der Waals surface area (Å²) in [5.74, 6) is 0.0150. The summed E-state index contributed by atoms with van der Waals surface area (Å²) in [6.07, 6.45) is -0.987. The SMILES string of the molecule is CCOC(=O)[C@H]1Oc2cccc(C)c2[C@@]1(C)O. The van der Waals surface area contributed by atoms with Crippen LogP contribution in [0.1, 0.15) is 25.0 Å². The third kappa shape index (κ3) is 1.78. The molecule has 92 valence electrons. The number of hydrogen-bond acceptors (Lipinski definition) is 4. The molecule has 0 radical (unpaired) electrons. The molecule has 1 aliphatic heterocycles. The minimum Gasteiger partial charge on any atom is -0.475 e. The van der Waals surface area contributed by atoms with Gasteiger partial charge in [-0.1, -0.05) is 12.1 Å². The van der Waals surface area contributed by atoms with Crippen LogP contribution >= 0.6 is 0 Å². The highest BCUT2D eigenvalue weighted by molar-refractivity contribution is 5.79. The van der Waals surface area contributed by atoms with Crippen molar-refractivity contribution in [3.05, 3.63) is 29.3 Å². The Balaban J connectivity index is 2.40. The Morgan fingerprint density at radius 1 is 1.59 bits per heavy atom. The number of benzene rings is 1. The molecule has 0 aromatic heterocycles. The molecular formula is C13H16O4. The first-order valence-corrected chi connectivity index (χ1v) is 5.64. The Kier molecular flexibility index (Phi) is 2.83. The van der Waals surface area contributed by atoms with Crippen LogP contribution in [0.2, 0.25) is 0 Å². The van der Waals surface area contributed by atoms with Gasteiger partial charge < -0.3 is 14.6 Å². The molecule has 1 aliphatic rings. The third-order valence-electron chi connectivity index (χ3n) is 3.00. The topological polar surface area (TPSA) is 55.8 Å². The molecule has 0 unspecified atom stereocenters. The van der Waals surface area contributed by atoms with Crippen LogP contribution in [0.3, 0.4) is 0 Å². The van der Waals surface area contributed by atoms with Crippen molar-refractivity contribution in [3.63, 3.8) is 0 Å². The van der Waals surface area contributed by atoms with E-state index in [1.54, 1.807) is 19.9 Å². The number of fused-ring (bicyclic) bond motifs is 1. The largest absolute Gasteiger partial charge is 0.475 e. The first-order valence-electron chi connectivity index (χ1n) is 5.64. The van der Waals surface area contributed by atoms with Crippen LogP contribution in [0.25, 0.3) is 0 Å². The molecule has 0 bridgehead atoms. The second-order valence-corrected chi connectivity index (χ2v) is 4.35. The minimum atomic E-state index is -1.34. The summed E-state index contributed by atoms with van der Waals surface area (Å²) in [5, 5.41) is 10.5. The zero-order valence-corrected chi connectivity index (χ0v) is 10.2. The van der Waals surface area contributed by atoms with Gasteiger partial charge in [0.2, 0.25) is 6.10 Å². The van der Waals surface area contributed by atoms with E-state index in [-0.39, 0.29) is 6.61 Å². The highest BCUT2D eigenvalue weighted by atomic mass is 16.6. The number of aliphatic hydroxyl groups is 1. The van der Waals surface area contributed by atoms with Crippen molar-refractivity contribution in [2.75, 3.05) is 6.61 Å². The summed E-state index contributed by atoms with van der Waals surface area (Å²) < 4.78 is 10.4. The minimum absolute atomic E-state index is 0.268. The molecular weight excluding hydrogens is 220 g/mol. The van der Waals surface area contributed by atoms with Gasteiger partial charge in [-0.2, -0.15) is 0 Å². The van der Waals surface area contributed by atoms with Crippen molar-refractivity contribution in [2.24, 2.45) is 0 Å². The van der Waals surface area contributed by atoms with E-state index >= 15 is 0 Å². The van der Waals surface area contributed by atoms with Crippen molar-refractivity contribution in [3.8, 4) is 5.75 Å². The molecule has 17 heavy (non-hydrogen) atoms. The predicted molar refractivity (Wildman–Crippen MR) is 61.8 cm³/mol. The average Bonchev–Trinajstić information content (AvgIpc) is 2.52. The number of ether oxygens (including phenoxy) is 2. The number of carbonyl (C=O) groups is 1. The molecule has 1 heterocycles. The lowest BCUT2D eigenvalue weighted by Gasteiger charge is -2.23. The zero-order valence-electron chi connectivity index (χ0n) is 10.2. The average molecular weight is 236 g/mol. The van der Waals surface area contributed by atoms with Gasteiger partial charge in [0.15, 0.2) is 0 Å². The Morgan fingerprint density at radius 3 is 2.88 bits per heavy atom. The summed E-state index contributed by atoms with van der Waals surface area (Å²) in [4.78, 5) is 11.7. The molecule has 2 atom stereocenters. The first kappa shape index (κ1) is 11.9. The first-order chi connectivity index (χ1) is 7.98. The Morgan fingerprint density at radius 2 is 2.29 bits per heavy atom. The van der Waals surface area contributed by atoms with Gasteiger partial charge in [0.05, 0.1) is 6.61 Å². The molecule has 4 nitrogen and oxygen atoms in total. The van der Waals surface area contributed by atoms with Gasteiger partial charge in [-0.3, -0.25) is 0 Å². The normalized spacial score (nSPS) is 26.2. The molecule has 1 aromatic rings. The quantitative estimate of drug-likeness (QED) is 0.791. The van der Waals surface area contributed by atoms with Gasteiger partial charge >= 0.3 is 5.97 Å². The number of aryl methyl sites for hydroxylation is 1. The summed E-state index contributed by atoms with van der Waals surface area (Å²) in [6, 6.07) is 5.46. The Labute approximate surface area is 100 Å². The van der Waals surface area contributed by atoms with Gasteiger partial charge in [0.1, 0.15) is 11.4 Å². The maximum atomic E-state index is 11.7. The Bertz CT molecular complexity index is 451. The number of carbonyl (C=O) groups excluding carboxylic acids is 1. The molecule has 2 rings (SSSR count). The predicted octanol–water partition coefficient (Wildman–Crippen LogP) is 1.53. The van der Waals surface area contributed by atoms with E-state index in [9.17, 15) is 9.90 Å². The number of rotatable bonds is 2. The van der Waals surface area contributed by atoms with Crippen molar-refractivity contribution in [2.45, 2.75) is 32.5 Å². The molecule has 0 saturated carbocycles. The van der Waals surface area contributed by atoms with Gasteiger partial charge in [-0.15, -0.1) is 0 Å². The second-order valence-electron chi connectivity index (χ2n) is 4.35. The van der Waals surface area contributed by atoms with Crippen LogP contribution in [0.5, 0.6) is 5.75 Å². The molecule has 0 aliphatic carbocycles. The standard InChI is InChI=1S/C13H16O4/c1-4-16-12(14)11-13(3,15)10-8(2)6-5-7-9(10)17-11/h5-7,11,15H,4H2,1-3H3/t11-,13-/m1/s1. The lowest BCUT2D eigenvalue weighted by molar-refractivity contribution is -0.161. The lowest BCUT2D eigenvalue weighted by Crippen LogP contribution is -2.42. The highest BCUT2D eigenvalue weighted by Crippen LogP contribution is 2.43. The van der Waals surface area contributed by atoms with E-state index in [4.69, 9.17) is 9.47 Å². The van der Waals surface area contributed by atoms with Crippen LogP contribution in [-0.4, -0.2) is 23.8 Å². The second kappa shape index (κ2) is 4.04. The maximum absolute atomic E-state index is 11.7. The van der Waals surface area contributed by atoms with E-state index in [0.717, 1.165) is 5.56 Å².